The lowest BCUT2D eigenvalue weighted by molar-refractivity contribution is -0.149. The third-order valence-electron chi connectivity index (χ3n) is 4.08. The largest absolute Gasteiger partial charge is 0.492 e. The van der Waals surface area contributed by atoms with Crippen molar-refractivity contribution in [3.8, 4) is 5.75 Å². The summed E-state index contributed by atoms with van der Waals surface area (Å²) in [5.74, 6) is 0.0579. The summed E-state index contributed by atoms with van der Waals surface area (Å²) in [6, 6.07) is 4.80. The molecule has 1 aromatic rings. The van der Waals surface area contributed by atoms with Crippen LogP contribution in [0.5, 0.6) is 5.75 Å². The Morgan fingerprint density at radius 2 is 1.96 bits per heavy atom. The molecule has 0 radical (unpaired) electrons. The molecule has 1 aliphatic heterocycles. The van der Waals surface area contributed by atoms with E-state index in [0.29, 0.717) is 44.9 Å². The van der Waals surface area contributed by atoms with E-state index in [2.05, 4.69) is 15.9 Å². The first kappa shape index (κ1) is 20.2. The minimum Gasteiger partial charge on any atom is -0.492 e. The van der Waals surface area contributed by atoms with Crippen LogP contribution in [0.2, 0.25) is 0 Å². The van der Waals surface area contributed by atoms with Gasteiger partial charge in [0.2, 0.25) is 10.0 Å². The Hall–Kier alpha value is -1.12. The number of ether oxygens (including phenoxy) is 2. The van der Waals surface area contributed by atoms with Crippen LogP contribution in [0.3, 0.4) is 0 Å². The van der Waals surface area contributed by atoms with Crippen LogP contribution >= 0.6 is 15.9 Å². The number of sulfonamides is 1. The molecular formula is C17H24BrNO5S. The first-order chi connectivity index (χ1) is 11.9. The Labute approximate surface area is 157 Å². The van der Waals surface area contributed by atoms with Gasteiger partial charge in [-0.25, -0.2) is 8.42 Å². The monoisotopic (exact) mass is 433 g/mol. The molecule has 1 heterocycles. The summed E-state index contributed by atoms with van der Waals surface area (Å²) in [6.45, 7) is 5.25. The van der Waals surface area contributed by atoms with Crippen LogP contribution in [0.25, 0.3) is 0 Å². The van der Waals surface area contributed by atoms with Crippen molar-refractivity contribution in [1.29, 1.82) is 0 Å². The molecule has 0 N–H and O–H groups in total. The Morgan fingerprint density at radius 1 is 1.28 bits per heavy atom. The van der Waals surface area contributed by atoms with Crippen molar-refractivity contribution in [3.05, 3.63) is 22.7 Å². The fourth-order valence-electron chi connectivity index (χ4n) is 2.71. The van der Waals surface area contributed by atoms with Crippen LogP contribution in [0, 0.1) is 5.92 Å². The van der Waals surface area contributed by atoms with Crippen molar-refractivity contribution in [2.45, 2.75) is 38.0 Å². The molecular weight excluding hydrogens is 410 g/mol. The van der Waals surface area contributed by atoms with Gasteiger partial charge < -0.3 is 9.47 Å². The number of esters is 1. The number of carbonyl (C=O) groups is 1. The second kappa shape index (κ2) is 9.00. The number of hydrogen-bond acceptors (Lipinski definition) is 5. The van der Waals surface area contributed by atoms with Crippen molar-refractivity contribution in [2.24, 2.45) is 5.92 Å². The standard InChI is InChI=1S/C17H24BrNO5S/c1-3-11-24-16-12-14(5-6-15(16)18)25(21,22)19-9-7-13(8-10-19)17(20)23-4-2/h5-6,12-13H,3-4,7-11H2,1-2H3. The first-order valence-corrected chi connectivity index (χ1v) is 10.7. The summed E-state index contributed by atoms with van der Waals surface area (Å²) < 4.78 is 38.5. The minimum atomic E-state index is -3.61. The highest BCUT2D eigenvalue weighted by atomic mass is 79.9. The Balaban J connectivity index is 2.10. The molecule has 0 unspecified atom stereocenters. The van der Waals surface area contributed by atoms with Crippen molar-refractivity contribution >= 4 is 31.9 Å². The van der Waals surface area contributed by atoms with Crippen molar-refractivity contribution < 1.29 is 22.7 Å². The summed E-state index contributed by atoms with van der Waals surface area (Å²) >= 11 is 3.38. The lowest BCUT2D eigenvalue weighted by Crippen LogP contribution is -2.40. The number of benzene rings is 1. The van der Waals surface area contributed by atoms with Crippen LogP contribution in [-0.4, -0.2) is 45.0 Å². The fraction of sp³-hybridized carbons (Fsp3) is 0.588. The lowest BCUT2D eigenvalue weighted by atomic mass is 9.98. The van der Waals surface area contributed by atoms with Gasteiger partial charge in [-0.05, 0) is 54.2 Å². The van der Waals surface area contributed by atoms with Gasteiger partial charge in [-0.15, -0.1) is 0 Å². The molecule has 0 saturated carbocycles. The molecule has 2 rings (SSSR count). The maximum absolute atomic E-state index is 12.9. The molecule has 1 saturated heterocycles. The highest BCUT2D eigenvalue weighted by Gasteiger charge is 2.33. The summed E-state index contributed by atoms with van der Waals surface area (Å²) in [6.07, 6.45) is 1.80. The van der Waals surface area contributed by atoms with Gasteiger partial charge in [0.25, 0.3) is 0 Å². The molecule has 25 heavy (non-hydrogen) atoms. The predicted octanol–water partition coefficient (Wildman–Crippen LogP) is 3.20. The zero-order valence-electron chi connectivity index (χ0n) is 14.5. The van der Waals surface area contributed by atoms with Gasteiger partial charge in [0, 0.05) is 19.2 Å². The number of piperidine rings is 1. The molecule has 0 spiro atoms. The van der Waals surface area contributed by atoms with E-state index in [-0.39, 0.29) is 16.8 Å². The van der Waals surface area contributed by atoms with Gasteiger partial charge >= 0.3 is 5.97 Å². The lowest BCUT2D eigenvalue weighted by Gasteiger charge is -2.30. The number of rotatable bonds is 7. The van der Waals surface area contributed by atoms with Crippen LogP contribution in [0.15, 0.2) is 27.6 Å². The third-order valence-corrected chi connectivity index (χ3v) is 6.63. The molecule has 1 fully saturated rings. The molecule has 0 bridgehead atoms. The average molecular weight is 434 g/mol. The van der Waals surface area contributed by atoms with Crippen LogP contribution in [0.4, 0.5) is 0 Å². The van der Waals surface area contributed by atoms with Gasteiger partial charge in [-0.1, -0.05) is 6.92 Å². The van der Waals surface area contributed by atoms with Crippen molar-refractivity contribution in [3.63, 3.8) is 0 Å². The van der Waals surface area contributed by atoms with Crippen molar-refractivity contribution in [1.82, 2.24) is 4.31 Å². The quantitative estimate of drug-likeness (QED) is 0.617. The maximum atomic E-state index is 12.9. The van der Waals surface area contributed by atoms with E-state index in [9.17, 15) is 13.2 Å². The molecule has 8 heteroatoms. The number of halogens is 1. The van der Waals surface area contributed by atoms with E-state index in [0.717, 1.165) is 10.9 Å². The summed E-state index contributed by atoms with van der Waals surface area (Å²) in [7, 11) is -3.61. The minimum absolute atomic E-state index is 0.205. The van der Waals surface area contributed by atoms with Gasteiger partial charge in [0.15, 0.2) is 0 Å². The molecule has 1 aliphatic rings. The van der Waals surface area contributed by atoms with Gasteiger partial charge in [-0.3, -0.25) is 4.79 Å². The fourth-order valence-corrected chi connectivity index (χ4v) is 4.55. The Morgan fingerprint density at radius 3 is 2.56 bits per heavy atom. The second-order valence-corrected chi connectivity index (χ2v) is 8.66. The highest BCUT2D eigenvalue weighted by Crippen LogP contribution is 2.31. The number of carbonyl (C=O) groups excluding carboxylic acids is 1. The Bertz CT molecular complexity index is 699. The van der Waals surface area contributed by atoms with E-state index in [4.69, 9.17) is 9.47 Å². The smallest absolute Gasteiger partial charge is 0.309 e. The summed E-state index contributed by atoms with van der Waals surface area (Å²) in [4.78, 5) is 12.0. The molecule has 140 valence electrons. The van der Waals surface area contributed by atoms with E-state index in [1.54, 1.807) is 25.1 Å². The second-order valence-electron chi connectivity index (χ2n) is 5.87. The van der Waals surface area contributed by atoms with Gasteiger partial charge in [0.05, 0.1) is 28.5 Å². The normalized spacial score (nSPS) is 16.6. The molecule has 6 nitrogen and oxygen atoms in total. The van der Waals surface area contributed by atoms with Crippen molar-refractivity contribution in [2.75, 3.05) is 26.3 Å². The van der Waals surface area contributed by atoms with Crippen LogP contribution in [-0.2, 0) is 19.6 Å². The molecule has 0 atom stereocenters. The molecule has 0 amide bonds. The predicted molar refractivity (Wildman–Crippen MR) is 98.0 cm³/mol. The zero-order chi connectivity index (χ0) is 18.4. The van der Waals surface area contributed by atoms with E-state index >= 15 is 0 Å². The molecule has 1 aromatic carbocycles. The summed E-state index contributed by atoms with van der Waals surface area (Å²) in [5, 5.41) is 0. The SMILES string of the molecule is CCCOc1cc(S(=O)(=O)N2CCC(C(=O)OCC)CC2)ccc1Br. The van der Waals surface area contributed by atoms with E-state index < -0.39 is 10.0 Å². The van der Waals surface area contributed by atoms with Gasteiger partial charge in [-0.2, -0.15) is 4.31 Å². The van der Waals surface area contributed by atoms with Crippen LogP contribution in [0.1, 0.15) is 33.1 Å². The number of hydrogen-bond donors (Lipinski definition) is 0. The van der Waals surface area contributed by atoms with Gasteiger partial charge in [0.1, 0.15) is 5.75 Å². The maximum Gasteiger partial charge on any atom is 0.309 e. The highest BCUT2D eigenvalue weighted by molar-refractivity contribution is 9.10. The first-order valence-electron chi connectivity index (χ1n) is 8.49. The van der Waals surface area contributed by atoms with Crippen LogP contribution < -0.4 is 4.74 Å². The zero-order valence-corrected chi connectivity index (χ0v) is 16.9. The van der Waals surface area contributed by atoms with E-state index in [1.165, 1.54) is 4.31 Å². The molecule has 0 aromatic heterocycles. The van der Waals surface area contributed by atoms with E-state index in [1.807, 2.05) is 6.92 Å². The Kier molecular flexibility index (Phi) is 7.27. The topological polar surface area (TPSA) is 72.9 Å². The molecule has 0 aliphatic carbocycles. The average Bonchev–Trinajstić information content (AvgIpc) is 2.61. The number of nitrogens with zero attached hydrogens (tertiary/aromatic N) is 1. The summed E-state index contributed by atoms with van der Waals surface area (Å²) in [5.41, 5.74) is 0. The third kappa shape index (κ3) is 4.95.